The molecular weight excluding hydrogens is 335 g/mol. The molecule has 122 valence electrons. The molecule has 23 heavy (non-hydrogen) atoms. The largest absolute Gasteiger partial charge is 0.497 e. The molecule has 0 heterocycles. The molecule has 2 rings (SSSR count). The Kier molecular flexibility index (Phi) is 6.56. The third kappa shape index (κ3) is 5.34. The smallest absolute Gasteiger partial charge is 0.222 e. The van der Waals surface area contributed by atoms with Gasteiger partial charge in [-0.2, -0.15) is 0 Å². The van der Waals surface area contributed by atoms with Crippen molar-refractivity contribution in [3.8, 4) is 5.75 Å². The number of ether oxygens (including phenoxy) is 1. The summed E-state index contributed by atoms with van der Waals surface area (Å²) in [6, 6.07) is 12.8. The summed E-state index contributed by atoms with van der Waals surface area (Å²) in [4.78, 5) is 11.9. The summed E-state index contributed by atoms with van der Waals surface area (Å²) >= 11 is 12.1. The van der Waals surface area contributed by atoms with E-state index in [-0.39, 0.29) is 5.91 Å². The Balaban J connectivity index is 1.74. The van der Waals surface area contributed by atoms with E-state index in [1.807, 2.05) is 24.3 Å². The van der Waals surface area contributed by atoms with E-state index in [2.05, 4.69) is 10.6 Å². The molecule has 0 bridgehead atoms. The zero-order valence-electron chi connectivity index (χ0n) is 12.7. The van der Waals surface area contributed by atoms with E-state index in [0.717, 1.165) is 11.3 Å². The predicted molar refractivity (Wildman–Crippen MR) is 94.4 cm³/mol. The standard InChI is InChI=1S/C17H18Cl2N2O2/c1-23-13-7-5-12(6-8-13)11-21-16(22)9-10-20-17-14(18)3-2-4-15(17)19/h2-8,20H,9-11H2,1H3,(H,21,22). The van der Waals surface area contributed by atoms with Crippen LogP contribution in [-0.2, 0) is 11.3 Å². The molecule has 2 aromatic carbocycles. The van der Waals surface area contributed by atoms with Crippen molar-refractivity contribution < 1.29 is 9.53 Å². The topological polar surface area (TPSA) is 50.4 Å². The van der Waals surface area contributed by atoms with Crippen molar-refractivity contribution in [1.29, 1.82) is 0 Å². The number of benzene rings is 2. The Hall–Kier alpha value is -1.91. The van der Waals surface area contributed by atoms with Gasteiger partial charge in [-0.1, -0.05) is 41.4 Å². The summed E-state index contributed by atoms with van der Waals surface area (Å²) in [7, 11) is 1.62. The van der Waals surface area contributed by atoms with Gasteiger partial charge in [0, 0.05) is 19.5 Å². The van der Waals surface area contributed by atoms with Gasteiger partial charge >= 0.3 is 0 Å². The fraction of sp³-hybridized carbons (Fsp3) is 0.235. The van der Waals surface area contributed by atoms with Crippen LogP contribution in [0.2, 0.25) is 10.0 Å². The second-order valence-corrected chi connectivity index (χ2v) is 5.71. The Morgan fingerprint density at radius 1 is 1.09 bits per heavy atom. The lowest BCUT2D eigenvalue weighted by Gasteiger charge is -2.10. The highest BCUT2D eigenvalue weighted by molar-refractivity contribution is 6.39. The van der Waals surface area contributed by atoms with Crippen LogP contribution in [0.1, 0.15) is 12.0 Å². The van der Waals surface area contributed by atoms with E-state index in [0.29, 0.717) is 35.2 Å². The third-order valence-electron chi connectivity index (χ3n) is 3.27. The number of nitrogens with one attached hydrogen (secondary N) is 2. The molecule has 6 heteroatoms. The van der Waals surface area contributed by atoms with Crippen molar-refractivity contribution in [2.24, 2.45) is 0 Å². The zero-order valence-corrected chi connectivity index (χ0v) is 14.2. The first-order valence-electron chi connectivity index (χ1n) is 7.17. The van der Waals surface area contributed by atoms with Crippen molar-refractivity contribution in [1.82, 2.24) is 5.32 Å². The summed E-state index contributed by atoms with van der Waals surface area (Å²) in [5.74, 6) is 0.748. The van der Waals surface area contributed by atoms with Crippen LogP contribution in [0.3, 0.4) is 0 Å². The van der Waals surface area contributed by atoms with Crippen LogP contribution in [0.25, 0.3) is 0 Å². The first-order chi connectivity index (χ1) is 11.1. The van der Waals surface area contributed by atoms with Gasteiger partial charge in [-0.3, -0.25) is 4.79 Å². The Bertz CT molecular complexity index is 640. The number of hydrogen-bond acceptors (Lipinski definition) is 3. The molecular formula is C17H18Cl2N2O2. The number of methoxy groups -OCH3 is 1. The molecule has 2 aromatic rings. The molecule has 0 aliphatic carbocycles. The van der Waals surface area contributed by atoms with Gasteiger partial charge in [-0.25, -0.2) is 0 Å². The minimum atomic E-state index is -0.0449. The molecule has 0 saturated heterocycles. The molecule has 0 radical (unpaired) electrons. The molecule has 1 amide bonds. The minimum absolute atomic E-state index is 0.0449. The van der Waals surface area contributed by atoms with E-state index < -0.39 is 0 Å². The van der Waals surface area contributed by atoms with Crippen molar-refractivity contribution in [3.63, 3.8) is 0 Å². The van der Waals surface area contributed by atoms with Crippen LogP contribution in [0.15, 0.2) is 42.5 Å². The van der Waals surface area contributed by atoms with Crippen molar-refractivity contribution in [3.05, 3.63) is 58.1 Å². The number of hydrogen-bond donors (Lipinski definition) is 2. The number of carbonyl (C=O) groups is 1. The zero-order chi connectivity index (χ0) is 16.7. The van der Waals surface area contributed by atoms with Crippen LogP contribution in [0.4, 0.5) is 5.69 Å². The number of anilines is 1. The van der Waals surface area contributed by atoms with Gasteiger partial charge in [0.15, 0.2) is 0 Å². The summed E-state index contributed by atoms with van der Waals surface area (Å²) in [5.41, 5.74) is 1.67. The number of para-hydroxylation sites is 1. The molecule has 0 aromatic heterocycles. The molecule has 0 spiro atoms. The van der Waals surface area contributed by atoms with Gasteiger partial charge in [0.05, 0.1) is 22.8 Å². The van der Waals surface area contributed by atoms with E-state index in [9.17, 15) is 4.79 Å². The normalized spacial score (nSPS) is 10.2. The highest BCUT2D eigenvalue weighted by Gasteiger charge is 2.06. The molecule has 4 nitrogen and oxygen atoms in total. The Morgan fingerprint density at radius 3 is 2.35 bits per heavy atom. The minimum Gasteiger partial charge on any atom is -0.497 e. The number of rotatable bonds is 7. The fourth-order valence-corrected chi connectivity index (χ4v) is 2.53. The number of carbonyl (C=O) groups excluding carboxylic acids is 1. The van der Waals surface area contributed by atoms with Crippen molar-refractivity contribution in [2.45, 2.75) is 13.0 Å². The van der Waals surface area contributed by atoms with Crippen molar-refractivity contribution in [2.75, 3.05) is 19.0 Å². The number of halogens is 2. The van der Waals surface area contributed by atoms with Gasteiger partial charge in [0.25, 0.3) is 0 Å². The van der Waals surface area contributed by atoms with Gasteiger partial charge in [-0.05, 0) is 29.8 Å². The average molecular weight is 353 g/mol. The second-order valence-electron chi connectivity index (χ2n) is 4.90. The molecule has 0 atom stereocenters. The molecule has 0 fully saturated rings. The maximum atomic E-state index is 11.9. The third-order valence-corrected chi connectivity index (χ3v) is 3.90. The van der Waals surface area contributed by atoms with E-state index in [4.69, 9.17) is 27.9 Å². The van der Waals surface area contributed by atoms with Crippen LogP contribution < -0.4 is 15.4 Å². The average Bonchev–Trinajstić information content (AvgIpc) is 2.56. The SMILES string of the molecule is COc1ccc(CNC(=O)CCNc2c(Cl)cccc2Cl)cc1. The summed E-state index contributed by atoms with van der Waals surface area (Å²) < 4.78 is 5.09. The fourth-order valence-electron chi connectivity index (χ4n) is 2.00. The highest BCUT2D eigenvalue weighted by Crippen LogP contribution is 2.29. The molecule has 0 aliphatic rings. The maximum Gasteiger partial charge on any atom is 0.222 e. The van der Waals surface area contributed by atoms with Gasteiger partial charge in [0.2, 0.25) is 5.91 Å². The second kappa shape index (κ2) is 8.65. The monoisotopic (exact) mass is 352 g/mol. The maximum absolute atomic E-state index is 11.9. The predicted octanol–water partition coefficient (Wildman–Crippen LogP) is 4.12. The molecule has 0 aliphatic heterocycles. The van der Waals surface area contributed by atoms with Gasteiger partial charge < -0.3 is 15.4 Å². The summed E-state index contributed by atoms with van der Waals surface area (Å²) in [6.45, 7) is 0.938. The first-order valence-corrected chi connectivity index (χ1v) is 7.93. The first kappa shape index (κ1) is 17.4. The number of amides is 1. The van der Waals surface area contributed by atoms with E-state index in [1.165, 1.54) is 0 Å². The van der Waals surface area contributed by atoms with Crippen LogP contribution in [0, 0.1) is 0 Å². The molecule has 0 saturated carbocycles. The van der Waals surface area contributed by atoms with E-state index >= 15 is 0 Å². The molecule has 0 unspecified atom stereocenters. The highest BCUT2D eigenvalue weighted by atomic mass is 35.5. The lowest BCUT2D eigenvalue weighted by molar-refractivity contribution is -0.121. The van der Waals surface area contributed by atoms with Crippen molar-refractivity contribution >= 4 is 34.8 Å². The van der Waals surface area contributed by atoms with Gasteiger partial charge in [-0.15, -0.1) is 0 Å². The van der Waals surface area contributed by atoms with Gasteiger partial charge in [0.1, 0.15) is 5.75 Å². The van der Waals surface area contributed by atoms with Crippen LogP contribution in [0.5, 0.6) is 5.75 Å². The lowest BCUT2D eigenvalue weighted by Crippen LogP contribution is -2.24. The summed E-state index contributed by atoms with van der Waals surface area (Å²) in [6.07, 6.45) is 0.331. The molecule has 2 N–H and O–H groups in total. The quantitative estimate of drug-likeness (QED) is 0.787. The van der Waals surface area contributed by atoms with E-state index in [1.54, 1.807) is 25.3 Å². The lowest BCUT2D eigenvalue weighted by atomic mass is 10.2. The summed E-state index contributed by atoms with van der Waals surface area (Å²) in [5, 5.41) is 7.03. The van der Waals surface area contributed by atoms with Crippen LogP contribution >= 0.6 is 23.2 Å². The van der Waals surface area contributed by atoms with Crippen LogP contribution in [-0.4, -0.2) is 19.6 Å². The Morgan fingerprint density at radius 2 is 1.74 bits per heavy atom. The Labute approximate surface area is 145 Å².